The molecule has 40 heavy (non-hydrogen) atoms. The molecule has 0 N–H and O–H groups in total. The van der Waals surface area contributed by atoms with Crippen molar-refractivity contribution in [3.63, 3.8) is 0 Å². The van der Waals surface area contributed by atoms with Gasteiger partial charge in [0.15, 0.2) is 17.4 Å². The average molecular weight is 536 g/mol. The molecule has 1 aliphatic heterocycles. The first kappa shape index (κ1) is 25.6. The van der Waals surface area contributed by atoms with Crippen LogP contribution in [0.3, 0.4) is 0 Å². The van der Waals surface area contributed by atoms with Gasteiger partial charge in [-0.05, 0) is 80.4 Å². The minimum absolute atomic E-state index is 0.0185. The summed E-state index contributed by atoms with van der Waals surface area (Å²) in [5.41, 5.74) is 2.08. The van der Waals surface area contributed by atoms with E-state index in [0.29, 0.717) is 57.5 Å². The number of nitriles is 1. The maximum absolute atomic E-state index is 14.8. The number of likely N-dealkylation sites (tertiary alicyclic amines) is 1. The minimum atomic E-state index is -0.961. The molecule has 0 bridgehead atoms. The van der Waals surface area contributed by atoms with Crippen LogP contribution >= 0.6 is 0 Å². The lowest BCUT2D eigenvalue weighted by Crippen LogP contribution is -2.32. The highest BCUT2D eigenvalue weighted by Gasteiger charge is 2.32. The van der Waals surface area contributed by atoms with E-state index in [1.807, 2.05) is 18.2 Å². The number of aromatic nitrogens is 3. The first-order chi connectivity index (χ1) is 19.4. The van der Waals surface area contributed by atoms with Crippen molar-refractivity contribution in [3.05, 3.63) is 99.5 Å². The van der Waals surface area contributed by atoms with Gasteiger partial charge < -0.3 is 9.64 Å². The van der Waals surface area contributed by atoms with Crippen molar-refractivity contribution in [2.24, 2.45) is 5.92 Å². The summed E-state index contributed by atoms with van der Waals surface area (Å²) in [4.78, 5) is 37.4. The molecule has 8 nitrogen and oxygen atoms in total. The summed E-state index contributed by atoms with van der Waals surface area (Å²) in [6, 6.07) is 15.0. The molecule has 200 valence electrons. The third-order valence-electron chi connectivity index (χ3n) is 7.62. The van der Waals surface area contributed by atoms with E-state index in [-0.39, 0.29) is 18.0 Å². The number of carbonyl (C=O) groups excluding carboxylic acids is 1. The normalized spacial score (nSPS) is 15.0. The second kappa shape index (κ2) is 10.5. The Morgan fingerprint density at radius 1 is 1.02 bits per heavy atom. The molecule has 2 aromatic heterocycles. The number of nitrogens with zero attached hydrogens (tertiary/aromatic N) is 5. The van der Waals surface area contributed by atoms with Crippen LogP contribution in [0.5, 0.6) is 5.75 Å². The van der Waals surface area contributed by atoms with Crippen molar-refractivity contribution in [1.29, 1.82) is 5.26 Å². The average Bonchev–Trinajstić information content (AvgIpc) is 3.25. The summed E-state index contributed by atoms with van der Waals surface area (Å²) >= 11 is 0. The van der Waals surface area contributed by atoms with Gasteiger partial charge in [-0.2, -0.15) is 5.26 Å². The van der Waals surface area contributed by atoms with E-state index in [0.717, 1.165) is 32.0 Å². The van der Waals surface area contributed by atoms with Crippen molar-refractivity contribution in [2.45, 2.75) is 19.4 Å². The molecule has 1 saturated heterocycles. The molecule has 0 saturated carbocycles. The molecule has 1 aliphatic carbocycles. The molecule has 0 atom stereocenters. The van der Waals surface area contributed by atoms with Gasteiger partial charge in [-0.1, -0.05) is 18.2 Å². The quantitative estimate of drug-likeness (QED) is 0.320. The minimum Gasteiger partial charge on any atom is -0.490 e. The smallest absolute Gasteiger partial charge is 0.287 e. The Morgan fingerprint density at radius 3 is 2.55 bits per heavy atom. The molecular formula is C31H26FN5O3. The van der Waals surface area contributed by atoms with Gasteiger partial charge in [0, 0.05) is 16.7 Å². The number of piperidine rings is 1. The highest BCUT2D eigenvalue weighted by Crippen LogP contribution is 2.37. The van der Waals surface area contributed by atoms with Crippen molar-refractivity contribution in [1.82, 2.24) is 19.4 Å². The fraction of sp³-hybridized carbons (Fsp3) is 0.258. The number of benzene rings is 2. The molecule has 1 fully saturated rings. The lowest BCUT2D eigenvalue weighted by atomic mass is 9.98. The maximum Gasteiger partial charge on any atom is 0.287 e. The van der Waals surface area contributed by atoms with Gasteiger partial charge >= 0.3 is 0 Å². The van der Waals surface area contributed by atoms with E-state index in [2.05, 4.69) is 21.9 Å². The van der Waals surface area contributed by atoms with E-state index < -0.39 is 11.4 Å². The molecule has 0 radical (unpaired) electrons. The molecule has 2 aliphatic rings. The Morgan fingerprint density at radius 2 is 1.80 bits per heavy atom. The van der Waals surface area contributed by atoms with Crippen LogP contribution in [0.4, 0.5) is 4.39 Å². The maximum atomic E-state index is 14.8. The molecule has 0 amide bonds. The van der Waals surface area contributed by atoms with Gasteiger partial charge in [-0.15, -0.1) is 0 Å². The third-order valence-corrected chi connectivity index (χ3v) is 7.62. The van der Waals surface area contributed by atoms with Crippen molar-refractivity contribution < 1.29 is 13.9 Å². The van der Waals surface area contributed by atoms with Gasteiger partial charge in [0.1, 0.15) is 5.69 Å². The molecule has 9 heteroatoms. The summed E-state index contributed by atoms with van der Waals surface area (Å²) in [6.07, 6.45) is 5.52. The molecule has 0 spiro atoms. The first-order valence-corrected chi connectivity index (χ1v) is 13.2. The lowest BCUT2D eigenvalue weighted by molar-refractivity contribution is 0.103. The summed E-state index contributed by atoms with van der Waals surface area (Å²) < 4.78 is 21.9. The van der Waals surface area contributed by atoms with Crippen LogP contribution in [0.1, 0.15) is 40.0 Å². The molecule has 3 heterocycles. The standard InChI is InChI=1S/C31H26FN5O3/c1-36-9-7-19(8-10-36)18-40-23-15-34-30(35-16-23)22-4-2-3-21(11-22)17-37-28-26(13-27(32)31(37)39)25-12-20(14-33)5-6-24(25)29(28)38/h2-6,11-13,15-16,19H,7-10,17-18H2,1H3. The van der Waals surface area contributed by atoms with E-state index in [9.17, 15) is 19.2 Å². The van der Waals surface area contributed by atoms with Crippen LogP contribution in [0.25, 0.3) is 22.5 Å². The third kappa shape index (κ3) is 4.78. The number of carbonyl (C=O) groups is 1. The Labute approximate surface area is 230 Å². The number of ketones is 1. The number of fused-ring (bicyclic) bond motifs is 3. The monoisotopic (exact) mass is 535 g/mol. The van der Waals surface area contributed by atoms with Crippen LogP contribution in [0.15, 0.2) is 65.7 Å². The highest BCUT2D eigenvalue weighted by molar-refractivity contribution is 6.20. The molecular weight excluding hydrogens is 509 g/mol. The van der Waals surface area contributed by atoms with Crippen molar-refractivity contribution >= 4 is 5.78 Å². The predicted molar refractivity (Wildman–Crippen MR) is 147 cm³/mol. The Hall–Kier alpha value is -4.68. The van der Waals surface area contributed by atoms with E-state index >= 15 is 0 Å². The zero-order chi connectivity index (χ0) is 27.8. The highest BCUT2D eigenvalue weighted by atomic mass is 19.1. The molecule has 6 rings (SSSR count). The number of ether oxygens (including phenoxy) is 1. The zero-order valence-electron chi connectivity index (χ0n) is 21.9. The fourth-order valence-electron chi connectivity index (χ4n) is 5.37. The summed E-state index contributed by atoms with van der Waals surface area (Å²) in [6.45, 7) is 2.77. The van der Waals surface area contributed by atoms with Crippen LogP contribution in [-0.2, 0) is 6.54 Å². The van der Waals surface area contributed by atoms with Gasteiger partial charge in [-0.25, -0.2) is 14.4 Å². The Kier molecular flexibility index (Phi) is 6.70. The van der Waals surface area contributed by atoms with Crippen LogP contribution < -0.4 is 10.3 Å². The summed E-state index contributed by atoms with van der Waals surface area (Å²) in [5, 5.41) is 9.27. The van der Waals surface area contributed by atoms with Crippen LogP contribution in [-0.4, -0.2) is 52.0 Å². The van der Waals surface area contributed by atoms with Crippen LogP contribution in [0.2, 0.25) is 0 Å². The SMILES string of the molecule is CN1CCC(COc2cnc(-c3cccc(Cn4c5c(cc(F)c4=O)-c4cc(C#N)ccc4C5=O)c3)nc2)CC1. The lowest BCUT2D eigenvalue weighted by Gasteiger charge is -2.28. The molecule has 2 aromatic carbocycles. The van der Waals surface area contributed by atoms with E-state index in [4.69, 9.17) is 4.74 Å². The summed E-state index contributed by atoms with van der Waals surface area (Å²) in [7, 11) is 2.13. The number of halogens is 1. The van der Waals surface area contributed by atoms with Gasteiger partial charge in [0.2, 0.25) is 5.78 Å². The number of pyridine rings is 1. The number of rotatable bonds is 6. The van der Waals surface area contributed by atoms with Crippen molar-refractivity contribution in [3.8, 4) is 34.3 Å². The Bertz CT molecular complexity index is 1720. The topological polar surface area (TPSA) is 101 Å². The Balaban J connectivity index is 1.24. The van der Waals surface area contributed by atoms with Gasteiger partial charge in [-0.3, -0.25) is 14.2 Å². The first-order valence-electron chi connectivity index (χ1n) is 13.2. The largest absolute Gasteiger partial charge is 0.490 e. The predicted octanol–water partition coefficient (Wildman–Crippen LogP) is 4.30. The second-order valence-electron chi connectivity index (χ2n) is 10.3. The second-order valence-corrected chi connectivity index (χ2v) is 10.3. The number of hydrogen-bond donors (Lipinski definition) is 0. The van der Waals surface area contributed by atoms with Gasteiger partial charge in [0.25, 0.3) is 5.56 Å². The molecule has 0 unspecified atom stereocenters. The zero-order valence-corrected chi connectivity index (χ0v) is 21.9. The van der Waals surface area contributed by atoms with Crippen LogP contribution in [0, 0.1) is 23.1 Å². The van der Waals surface area contributed by atoms with Gasteiger partial charge in [0.05, 0.1) is 37.2 Å². The van der Waals surface area contributed by atoms with Crippen molar-refractivity contribution in [2.75, 3.05) is 26.7 Å². The van der Waals surface area contributed by atoms with E-state index in [1.54, 1.807) is 36.7 Å². The van der Waals surface area contributed by atoms with E-state index in [1.165, 1.54) is 10.6 Å². The fourth-order valence-corrected chi connectivity index (χ4v) is 5.37. The molecule has 4 aromatic rings. The number of hydrogen-bond acceptors (Lipinski definition) is 7. The summed E-state index contributed by atoms with van der Waals surface area (Å²) in [5.74, 6) is 0.281.